The third-order valence-electron chi connectivity index (χ3n) is 4.11. The Kier molecular flexibility index (Phi) is 3.73. The summed E-state index contributed by atoms with van der Waals surface area (Å²) in [7, 11) is 0. The third kappa shape index (κ3) is 2.70. The molecule has 0 spiro atoms. The van der Waals surface area contributed by atoms with Crippen LogP contribution in [0.4, 0.5) is 4.79 Å². The van der Waals surface area contributed by atoms with E-state index < -0.39 is 6.09 Å². The monoisotopic (exact) mass is 276 g/mol. The van der Waals surface area contributed by atoms with E-state index >= 15 is 0 Å². The highest BCUT2D eigenvalue weighted by Crippen LogP contribution is 2.24. The fourth-order valence-corrected chi connectivity index (χ4v) is 2.91. The minimum atomic E-state index is -0.856. The molecule has 0 aliphatic carbocycles. The molecule has 2 N–H and O–H groups in total. The number of piperidine rings is 1. The van der Waals surface area contributed by atoms with Crippen LogP contribution in [0.5, 0.6) is 0 Å². The quantitative estimate of drug-likeness (QED) is 0.802. The number of nitrogens with one attached hydrogen (secondary N) is 1. The van der Waals surface area contributed by atoms with Crippen molar-refractivity contribution in [3.63, 3.8) is 0 Å². The number of hydrogen-bond donors (Lipinski definition) is 2. The molecule has 1 aromatic rings. The van der Waals surface area contributed by atoms with Gasteiger partial charge >= 0.3 is 6.09 Å². The van der Waals surface area contributed by atoms with Crippen molar-refractivity contribution in [3.05, 3.63) is 30.1 Å². The molecule has 3 heterocycles. The molecule has 0 saturated carbocycles. The van der Waals surface area contributed by atoms with Gasteiger partial charge in [-0.2, -0.15) is 5.10 Å². The predicted octanol–water partition coefficient (Wildman–Crippen LogP) is 1.44. The topological polar surface area (TPSA) is 70.4 Å². The van der Waals surface area contributed by atoms with Crippen molar-refractivity contribution in [3.8, 4) is 0 Å². The summed E-state index contributed by atoms with van der Waals surface area (Å²) in [6, 6.07) is 0.466. The fourth-order valence-electron chi connectivity index (χ4n) is 2.91. The number of nitrogens with zero attached hydrogens (tertiary/aromatic N) is 3. The zero-order chi connectivity index (χ0) is 13.9. The van der Waals surface area contributed by atoms with Crippen molar-refractivity contribution in [1.82, 2.24) is 20.0 Å². The van der Waals surface area contributed by atoms with E-state index in [9.17, 15) is 4.79 Å². The lowest BCUT2D eigenvalue weighted by Crippen LogP contribution is -2.35. The van der Waals surface area contributed by atoms with E-state index in [1.165, 1.54) is 4.90 Å². The summed E-state index contributed by atoms with van der Waals surface area (Å²) >= 11 is 0. The summed E-state index contributed by atoms with van der Waals surface area (Å²) in [5.74, 6) is 0.121. The van der Waals surface area contributed by atoms with Crippen LogP contribution in [0, 0.1) is 0 Å². The minimum absolute atomic E-state index is 0.121. The molecule has 3 rings (SSSR count). The van der Waals surface area contributed by atoms with Crippen LogP contribution >= 0.6 is 0 Å². The van der Waals surface area contributed by atoms with Crippen molar-refractivity contribution in [2.45, 2.75) is 24.8 Å². The van der Waals surface area contributed by atoms with Crippen LogP contribution < -0.4 is 5.32 Å². The molecule has 1 saturated heterocycles. The van der Waals surface area contributed by atoms with Gasteiger partial charge in [0.15, 0.2) is 0 Å². The van der Waals surface area contributed by atoms with Crippen LogP contribution in [0.2, 0.25) is 0 Å². The number of carbonyl (C=O) groups is 1. The standard InChI is InChI=1S/C14H20N4O2/c19-14(20)17-7-1-2-11(9-17)12-8-16-18(10-12)13-3-5-15-6-4-13/h1-2,8,10-11,13,15H,3-7,9H2,(H,19,20). The molecule has 1 fully saturated rings. The second-order valence-electron chi connectivity index (χ2n) is 5.46. The average molecular weight is 276 g/mol. The van der Waals surface area contributed by atoms with Gasteiger partial charge < -0.3 is 15.3 Å². The summed E-state index contributed by atoms with van der Waals surface area (Å²) in [6.45, 7) is 3.07. The molecule has 0 bridgehead atoms. The molecule has 1 atom stereocenters. The zero-order valence-corrected chi connectivity index (χ0v) is 11.4. The van der Waals surface area contributed by atoms with E-state index in [2.05, 4.69) is 22.7 Å². The maximum Gasteiger partial charge on any atom is 0.407 e. The number of rotatable bonds is 2. The van der Waals surface area contributed by atoms with E-state index in [4.69, 9.17) is 5.11 Å². The molecule has 0 radical (unpaired) electrons. The van der Waals surface area contributed by atoms with Crippen molar-refractivity contribution in [2.75, 3.05) is 26.2 Å². The fraction of sp³-hybridized carbons (Fsp3) is 0.571. The number of aromatic nitrogens is 2. The molecule has 1 aromatic heterocycles. The molecule has 6 heteroatoms. The summed E-state index contributed by atoms with van der Waals surface area (Å²) in [6.07, 6.45) is 9.31. The Hall–Kier alpha value is -1.82. The molecular weight excluding hydrogens is 256 g/mol. The van der Waals surface area contributed by atoms with Gasteiger partial charge in [0.05, 0.1) is 12.2 Å². The predicted molar refractivity (Wildman–Crippen MR) is 74.8 cm³/mol. The summed E-state index contributed by atoms with van der Waals surface area (Å²) in [5, 5.41) is 16.9. The smallest absolute Gasteiger partial charge is 0.407 e. The van der Waals surface area contributed by atoms with Crippen molar-refractivity contribution < 1.29 is 9.90 Å². The Balaban J connectivity index is 1.71. The van der Waals surface area contributed by atoms with Crippen molar-refractivity contribution >= 4 is 6.09 Å². The second kappa shape index (κ2) is 5.66. The van der Waals surface area contributed by atoms with Crippen molar-refractivity contribution in [2.24, 2.45) is 0 Å². The van der Waals surface area contributed by atoms with Gasteiger partial charge in [0.2, 0.25) is 0 Å². The normalized spacial score (nSPS) is 24.0. The van der Waals surface area contributed by atoms with Gasteiger partial charge in [-0.1, -0.05) is 12.2 Å². The first-order valence-electron chi connectivity index (χ1n) is 7.13. The Labute approximate surface area is 118 Å². The summed E-state index contributed by atoms with van der Waals surface area (Å²) in [5.41, 5.74) is 1.10. The average Bonchev–Trinajstić information content (AvgIpc) is 2.98. The Morgan fingerprint density at radius 2 is 2.20 bits per heavy atom. The summed E-state index contributed by atoms with van der Waals surface area (Å²) < 4.78 is 2.05. The second-order valence-corrected chi connectivity index (χ2v) is 5.46. The van der Waals surface area contributed by atoms with Gasteiger partial charge in [-0.05, 0) is 31.5 Å². The number of amides is 1. The maximum absolute atomic E-state index is 11.0. The van der Waals surface area contributed by atoms with Crippen LogP contribution in [-0.2, 0) is 0 Å². The van der Waals surface area contributed by atoms with Gasteiger partial charge in [-0.3, -0.25) is 4.68 Å². The van der Waals surface area contributed by atoms with Crippen LogP contribution in [0.3, 0.4) is 0 Å². The van der Waals surface area contributed by atoms with Gasteiger partial charge in [-0.15, -0.1) is 0 Å². The van der Waals surface area contributed by atoms with E-state index in [-0.39, 0.29) is 5.92 Å². The highest BCUT2D eigenvalue weighted by Gasteiger charge is 2.23. The highest BCUT2D eigenvalue weighted by atomic mass is 16.4. The molecular formula is C14H20N4O2. The Morgan fingerprint density at radius 3 is 2.95 bits per heavy atom. The number of carboxylic acid groups (broad SMARTS) is 1. The maximum atomic E-state index is 11.0. The summed E-state index contributed by atoms with van der Waals surface area (Å²) in [4.78, 5) is 12.5. The molecule has 1 amide bonds. The minimum Gasteiger partial charge on any atom is -0.465 e. The first-order valence-corrected chi connectivity index (χ1v) is 7.13. The van der Waals surface area contributed by atoms with Crippen LogP contribution in [0.25, 0.3) is 0 Å². The highest BCUT2D eigenvalue weighted by molar-refractivity contribution is 5.65. The molecule has 2 aliphatic rings. The third-order valence-corrected chi connectivity index (χ3v) is 4.11. The van der Waals surface area contributed by atoms with E-state index in [1.807, 2.05) is 17.0 Å². The van der Waals surface area contributed by atoms with Crippen LogP contribution in [-0.4, -0.2) is 52.1 Å². The lowest BCUT2D eigenvalue weighted by molar-refractivity contribution is 0.147. The number of hydrogen-bond acceptors (Lipinski definition) is 3. The molecule has 20 heavy (non-hydrogen) atoms. The molecule has 108 valence electrons. The SMILES string of the molecule is O=C(O)N1CC=CC(c2cnn(C3CCNCC3)c2)C1. The van der Waals surface area contributed by atoms with Gasteiger partial charge in [0.25, 0.3) is 0 Å². The Morgan fingerprint density at radius 1 is 1.40 bits per heavy atom. The van der Waals surface area contributed by atoms with E-state index in [1.54, 1.807) is 0 Å². The first-order chi connectivity index (χ1) is 9.74. The molecule has 1 unspecified atom stereocenters. The molecule has 6 nitrogen and oxygen atoms in total. The molecule has 2 aliphatic heterocycles. The molecule has 0 aromatic carbocycles. The van der Waals surface area contributed by atoms with Gasteiger partial charge in [0.1, 0.15) is 0 Å². The van der Waals surface area contributed by atoms with E-state index in [0.29, 0.717) is 19.1 Å². The van der Waals surface area contributed by atoms with E-state index in [0.717, 1.165) is 31.5 Å². The van der Waals surface area contributed by atoms with Gasteiger partial charge in [-0.25, -0.2) is 4.79 Å². The lowest BCUT2D eigenvalue weighted by atomic mass is 9.99. The lowest BCUT2D eigenvalue weighted by Gasteiger charge is -2.26. The first kappa shape index (κ1) is 13.2. The van der Waals surface area contributed by atoms with Crippen molar-refractivity contribution in [1.29, 1.82) is 0 Å². The van der Waals surface area contributed by atoms with Crippen LogP contribution in [0.15, 0.2) is 24.5 Å². The van der Waals surface area contributed by atoms with Gasteiger partial charge in [0, 0.05) is 25.2 Å². The largest absolute Gasteiger partial charge is 0.465 e. The zero-order valence-electron chi connectivity index (χ0n) is 11.4. The van der Waals surface area contributed by atoms with Crippen LogP contribution in [0.1, 0.15) is 30.4 Å². The Bertz CT molecular complexity index is 505.